The molecule has 1 unspecified atom stereocenters. The molecular weight excluding hydrogens is 338 g/mol. The van der Waals surface area contributed by atoms with E-state index in [1.165, 1.54) is 12.0 Å². The van der Waals surface area contributed by atoms with Crippen LogP contribution in [0.4, 0.5) is 0 Å². The van der Waals surface area contributed by atoms with Gasteiger partial charge in [0, 0.05) is 44.2 Å². The van der Waals surface area contributed by atoms with E-state index >= 15 is 0 Å². The first-order chi connectivity index (χ1) is 13.0. The molecule has 2 saturated heterocycles. The molecule has 2 aliphatic rings. The minimum absolute atomic E-state index is 0.215. The number of aromatic nitrogens is 3. The number of hydrogen-bond acceptors (Lipinski definition) is 4. The number of likely N-dealkylation sites (tertiary alicyclic amines) is 2. The summed E-state index contributed by atoms with van der Waals surface area (Å²) in [6, 6.07) is 2.22. The molecule has 0 radical (unpaired) electrons. The van der Waals surface area contributed by atoms with Gasteiger partial charge in [0.2, 0.25) is 5.91 Å². The minimum atomic E-state index is 0.215. The average molecular weight is 370 g/mol. The molecule has 2 aliphatic heterocycles. The number of carbonyl (C=O) groups excluding carboxylic acids is 1. The van der Waals surface area contributed by atoms with Gasteiger partial charge in [0.1, 0.15) is 0 Å². The van der Waals surface area contributed by atoms with Crippen LogP contribution in [0.1, 0.15) is 43.9 Å². The fourth-order valence-corrected chi connectivity index (χ4v) is 4.68. The maximum atomic E-state index is 12.8. The third-order valence-electron chi connectivity index (χ3n) is 6.23. The Hall–Kier alpha value is -1.95. The first-order valence-corrected chi connectivity index (χ1v) is 10.3. The Morgan fingerprint density at radius 1 is 1.22 bits per heavy atom. The molecule has 1 atom stereocenters. The fraction of sp³-hybridized carbons (Fsp3) is 0.667. The lowest BCUT2D eigenvalue weighted by Crippen LogP contribution is -2.45. The van der Waals surface area contributed by atoms with Gasteiger partial charge in [-0.1, -0.05) is 6.92 Å². The van der Waals surface area contributed by atoms with Crippen LogP contribution < -0.4 is 0 Å². The van der Waals surface area contributed by atoms with Crippen molar-refractivity contribution in [2.24, 2.45) is 18.9 Å². The number of carbonyl (C=O) groups is 1. The lowest BCUT2D eigenvalue weighted by molar-refractivity contribution is -0.138. The molecule has 0 spiro atoms. The Kier molecular flexibility index (Phi) is 5.17. The van der Waals surface area contributed by atoms with Crippen LogP contribution in [0.5, 0.6) is 0 Å². The van der Waals surface area contributed by atoms with Crippen molar-refractivity contribution in [1.29, 1.82) is 0 Å². The lowest BCUT2D eigenvalue weighted by Gasteiger charge is -2.37. The van der Waals surface area contributed by atoms with Gasteiger partial charge in [-0.25, -0.2) is 4.98 Å². The number of aryl methyl sites for hydroxylation is 2. The maximum absolute atomic E-state index is 12.8. The van der Waals surface area contributed by atoms with E-state index in [-0.39, 0.29) is 5.92 Å². The second-order valence-corrected chi connectivity index (χ2v) is 8.51. The topological polar surface area (TPSA) is 54.3 Å². The Labute approximate surface area is 161 Å². The normalized spacial score (nSPS) is 22.5. The van der Waals surface area contributed by atoms with Crippen molar-refractivity contribution in [3.63, 3.8) is 0 Å². The quantitative estimate of drug-likeness (QED) is 0.835. The molecule has 6 heteroatoms. The number of nitrogens with zero attached hydrogens (tertiary/aromatic N) is 5. The van der Waals surface area contributed by atoms with Crippen molar-refractivity contribution < 1.29 is 4.79 Å². The van der Waals surface area contributed by atoms with Crippen LogP contribution in [0.15, 0.2) is 12.3 Å². The lowest BCUT2D eigenvalue weighted by atomic mass is 9.92. The molecule has 0 aromatic carbocycles. The zero-order chi connectivity index (χ0) is 19.0. The summed E-state index contributed by atoms with van der Waals surface area (Å²) in [5.41, 5.74) is 3.20. The minimum Gasteiger partial charge on any atom is -0.342 e. The molecule has 0 N–H and O–H groups in total. The van der Waals surface area contributed by atoms with Crippen molar-refractivity contribution in [1.82, 2.24) is 24.6 Å². The molecule has 4 rings (SSSR count). The third-order valence-corrected chi connectivity index (χ3v) is 6.23. The van der Waals surface area contributed by atoms with Crippen LogP contribution in [0.3, 0.4) is 0 Å². The molecule has 4 heterocycles. The number of pyridine rings is 1. The number of piperidine rings is 2. The molecule has 27 heavy (non-hydrogen) atoms. The van der Waals surface area contributed by atoms with E-state index in [1.807, 2.05) is 24.9 Å². The summed E-state index contributed by atoms with van der Waals surface area (Å²) in [7, 11) is 1.94. The molecule has 0 saturated carbocycles. The monoisotopic (exact) mass is 369 g/mol. The van der Waals surface area contributed by atoms with Gasteiger partial charge in [0.25, 0.3) is 0 Å². The zero-order valence-corrected chi connectivity index (χ0v) is 16.8. The predicted molar refractivity (Wildman–Crippen MR) is 106 cm³/mol. The van der Waals surface area contributed by atoms with Gasteiger partial charge < -0.3 is 4.90 Å². The summed E-state index contributed by atoms with van der Waals surface area (Å²) in [5.74, 6) is 1.27. The van der Waals surface area contributed by atoms with E-state index in [0.717, 1.165) is 68.7 Å². The molecule has 0 aliphatic carbocycles. The number of amides is 1. The summed E-state index contributed by atoms with van der Waals surface area (Å²) >= 11 is 0. The first kappa shape index (κ1) is 18.4. The van der Waals surface area contributed by atoms with Gasteiger partial charge >= 0.3 is 0 Å². The van der Waals surface area contributed by atoms with Crippen LogP contribution >= 0.6 is 0 Å². The van der Waals surface area contributed by atoms with Crippen LogP contribution in [-0.2, 0) is 18.4 Å². The molecule has 2 fully saturated rings. The molecule has 2 aromatic rings. The molecule has 1 amide bonds. The molecule has 0 bridgehead atoms. The summed E-state index contributed by atoms with van der Waals surface area (Å²) in [5, 5.41) is 5.59. The van der Waals surface area contributed by atoms with Gasteiger partial charge in [-0.2, -0.15) is 5.10 Å². The number of rotatable bonds is 3. The van der Waals surface area contributed by atoms with Crippen molar-refractivity contribution in [2.75, 3.05) is 26.2 Å². The smallest absolute Gasteiger partial charge is 0.225 e. The zero-order valence-electron chi connectivity index (χ0n) is 16.8. The predicted octanol–water partition coefficient (Wildman–Crippen LogP) is 2.75. The molecule has 2 aromatic heterocycles. The van der Waals surface area contributed by atoms with Gasteiger partial charge in [-0.15, -0.1) is 0 Å². The maximum Gasteiger partial charge on any atom is 0.225 e. The standard InChI is InChI=1S/C21H31N5O/c1-15-5-4-8-26(13-15)21(27)18-6-9-25(10-7-18)14-17-11-19-16(2)23-24(3)20(19)22-12-17/h11-12,15,18H,4-10,13-14H2,1-3H3. The van der Waals surface area contributed by atoms with Crippen LogP contribution in [0, 0.1) is 18.8 Å². The Balaban J connectivity index is 1.34. The summed E-state index contributed by atoms with van der Waals surface area (Å²) < 4.78 is 1.84. The average Bonchev–Trinajstić information content (AvgIpc) is 2.95. The Bertz CT molecular complexity index is 821. The van der Waals surface area contributed by atoms with E-state index in [0.29, 0.717) is 11.8 Å². The molecular formula is C21H31N5O. The van der Waals surface area contributed by atoms with Crippen LogP contribution in [0.2, 0.25) is 0 Å². The highest BCUT2D eigenvalue weighted by Crippen LogP contribution is 2.25. The van der Waals surface area contributed by atoms with Gasteiger partial charge in [0.05, 0.1) is 5.69 Å². The summed E-state index contributed by atoms with van der Waals surface area (Å²) in [6.45, 7) is 9.09. The van der Waals surface area contributed by atoms with Gasteiger partial charge in [-0.3, -0.25) is 14.4 Å². The van der Waals surface area contributed by atoms with Crippen molar-refractivity contribution in [3.8, 4) is 0 Å². The second-order valence-electron chi connectivity index (χ2n) is 8.51. The van der Waals surface area contributed by atoms with E-state index in [4.69, 9.17) is 0 Å². The van der Waals surface area contributed by atoms with E-state index < -0.39 is 0 Å². The van der Waals surface area contributed by atoms with Gasteiger partial charge in [0.15, 0.2) is 5.65 Å². The summed E-state index contributed by atoms with van der Waals surface area (Å²) in [6.07, 6.45) is 6.35. The second kappa shape index (κ2) is 7.58. The van der Waals surface area contributed by atoms with E-state index in [2.05, 4.69) is 32.9 Å². The van der Waals surface area contributed by atoms with Crippen molar-refractivity contribution >= 4 is 16.9 Å². The third kappa shape index (κ3) is 3.86. The Morgan fingerprint density at radius 3 is 2.74 bits per heavy atom. The molecule has 146 valence electrons. The number of fused-ring (bicyclic) bond motifs is 1. The molecule has 6 nitrogen and oxygen atoms in total. The highest BCUT2D eigenvalue weighted by molar-refractivity contribution is 5.79. The highest BCUT2D eigenvalue weighted by atomic mass is 16.2. The van der Waals surface area contributed by atoms with E-state index in [9.17, 15) is 4.79 Å². The van der Waals surface area contributed by atoms with Crippen molar-refractivity contribution in [2.45, 2.75) is 46.1 Å². The fourth-order valence-electron chi connectivity index (χ4n) is 4.68. The van der Waals surface area contributed by atoms with Gasteiger partial charge in [-0.05, 0) is 63.2 Å². The highest BCUT2D eigenvalue weighted by Gasteiger charge is 2.30. The van der Waals surface area contributed by atoms with E-state index in [1.54, 1.807) is 0 Å². The largest absolute Gasteiger partial charge is 0.342 e. The Morgan fingerprint density at radius 2 is 2.00 bits per heavy atom. The first-order valence-electron chi connectivity index (χ1n) is 10.3. The SMILES string of the molecule is Cc1nn(C)c2ncc(CN3CCC(C(=O)N4CCCC(C)C4)CC3)cc12. The van der Waals surface area contributed by atoms with Crippen molar-refractivity contribution in [3.05, 3.63) is 23.5 Å². The van der Waals surface area contributed by atoms with Crippen LogP contribution in [0.25, 0.3) is 11.0 Å². The summed E-state index contributed by atoms with van der Waals surface area (Å²) in [4.78, 5) is 22.0. The number of hydrogen-bond donors (Lipinski definition) is 0. The van der Waals surface area contributed by atoms with Crippen LogP contribution in [-0.4, -0.2) is 56.7 Å².